The summed E-state index contributed by atoms with van der Waals surface area (Å²) < 4.78 is 0.927. The van der Waals surface area contributed by atoms with Crippen LogP contribution in [0.3, 0.4) is 0 Å². The lowest BCUT2D eigenvalue weighted by Crippen LogP contribution is -2.42. The molecule has 1 amide bonds. The van der Waals surface area contributed by atoms with Gasteiger partial charge in [0.1, 0.15) is 0 Å². The molecule has 0 bridgehead atoms. The van der Waals surface area contributed by atoms with E-state index < -0.39 is 0 Å². The summed E-state index contributed by atoms with van der Waals surface area (Å²) in [7, 11) is 1.68. The Labute approximate surface area is 183 Å². The minimum atomic E-state index is -0.125. The van der Waals surface area contributed by atoms with E-state index in [2.05, 4.69) is 41.9 Å². The van der Waals surface area contributed by atoms with E-state index in [1.54, 1.807) is 18.4 Å². The van der Waals surface area contributed by atoms with E-state index in [1.807, 2.05) is 38.2 Å². The van der Waals surface area contributed by atoms with Crippen LogP contribution in [0.4, 0.5) is 5.69 Å². The van der Waals surface area contributed by atoms with Crippen LogP contribution in [0.1, 0.15) is 15.4 Å². The molecule has 142 valence electrons. The van der Waals surface area contributed by atoms with Crippen LogP contribution in [0.25, 0.3) is 0 Å². The van der Waals surface area contributed by atoms with Crippen LogP contribution in [0.15, 0.2) is 33.9 Å². The van der Waals surface area contributed by atoms with Crippen LogP contribution in [-0.2, 0) is 11.2 Å². The van der Waals surface area contributed by atoms with E-state index >= 15 is 0 Å². The average molecular weight is 552 g/mol. The van der Waals surface area contributed by atoms with Crippen LogP contribution in [0, 0.1) is 13.8 Å². The normalized spacial score (nSPS) is 10.8. The van der Waals surface area contributed by atoms with Gasteiger partial charge in [-0.15, -0.1) is 35.3 Å². The van der Waals surface area contributed by atoms with Gasteiger partial charge >= 0.3 is 0 Å². The first-order chi connectivity index (χ1) is 12.0. The third-order valence-corrected chi connectivity index (χ3v) is 4.88. The number of nitrogens with one attached hydrogen (secondary N) is 3. The van der Waals surface area contributed by atoms with Gasteiger partial charge in [0.15, 0.2) is 5.96 Å². The highest BCUT2D eigenvalue weighted by atomic mass is 127. The number of benzene rings is 1. The molecule has 1 aromatic heterocycles. The number of thiazole rings is 1. The van der Waals surface area contributed by atoms with Crippen molar-refractivity contribution in [3.63, 3.8) is 0 Å². The van der Waals surface area contributed by atoms with Gasteiger partial charge in [0.25, 0.3) is 0 Å². The Morgan fingerprint density at radius 2 is 2.08 bits per heavy atom. The molecule has 2 aromatic rings. The SMILES string of the molecule is CN=C(NCCc1ncc(C)s1)NCC(=O)Nc1cc(Br)ccc1C.I. The zero-order valence-corrected chi connectivity index (χ0v) is 19.7. The Hall–Kier alpha value is -1.20. The Morgan fingerprint density at radius 1 is 1.31 bits per heavy atom. The quantitative estimate of drug-likeness (QED) is 0.292. The third kappa shape index (κ3) is 7.58. The maximum absolute atomic E-state index is 12.1. The van der Waals surface area contributed by atoms with Crippen molar-refractivity contribution in [3.8, 4) is 0 Å². The predicted molar refractivity (Wildman–Crippen MR) is 123 cm³/mol. The second-order valence-corrected chi connectivity index (χ2v) is 7.71. The number of hydrogen-bond donors (Lipinski definition) is 3. The second kappa shape index (κ2) is 11.5. The molecule has 9 heteroatoms. The van der Waals surface area contributed by atoms with Crippen molar-refractivity contribution in [2.75, 3.05) is 25.5 Å². The van der Waals surface area contributed by atoms with Crippen molar-refractivity contribution in [2.24, 2.45) is 4.99 Å². The molecule has 0 aliphatic heterocycles. The topological polar surface area (TPSA) is 78.4 Å². The lowest BCUT2D eigenvalue weighted by atomic mass is 10.2. The number of amides is 1. The summed E-state index contributed by atoms with van der Waals surface area (Å²) in [5.74, 6) is 0.467. The molecule has 0 radical (unpaired) electrons. The smallest absolute Gasteiger partial charge is 0.243 e. The molecule has 0 saturated heterocycles. The molecule has 1 heterocycles. The van der Waals surface area contributed by atoms with Gasteiger partial charge in [0.05, 0.1) is 11.6 Å². The molecule has 0 saturated carbocycles. The average Bonchev–Trinajstić information content (AvgIpc) is 2.99. The molecule has 1 aromatic carbocycles. The lowest BCUT2D eigenvalue weighted by Gasteiger charge is -2.12. The van der Waals surface area contributed by atoms with Gasteiger partial charge in [-0.25, -0.2) is 4.98 Å². The monoisotopic (exact) mass is 551 g/mol. The maximum atomic E-state index is 12.1. The summed E-state index contributed by atoms with van der Waals surface area (Å²) in [6.07, 6.45) is 2.70. The summed E-state index contributed by atoms with van der Waals surface area (Å²) in [6, 6.07) is 5.78. The number of hydrogen-bond acceptors (Lipinski definition) is 4. The highest BCUT2D eigenvalue weighted by Crippen LogP contribution is 2.20. The van der Waals surface area contributed by atoms with Gasteiger partial charge in [0, 0.05) is 41.2 Å². The Bertz CT molecular complexity index is 765. The molecule has 26 heavy (non-hydrogen) atoms. The molecule has 0 unspecified atom stereocenters. The van der Waals surface area contributed by atoms with Crippen molar-refractivity contribution in [1.29, 1.82) is 0 Å². The van der Waals surface area contributed by atoms with Gasteiger partial charge in [-0.3, -0.25) is 9.79 Å². The minimum Gasteiger partial charge on any atom is -0.356 e. The van der Waals surface area contributed by atoms with Gasteiger partial charge < -0.3 is 16.0 Å². The number of anilines is 1. The van der Waals surface area contributed by atoms with Crippen molar-refractivity contribution in [3.05, 3.63) is 44.3 Å². The molecule has 0 atom stereocenters. The van der Waals surface area contributed by atoms with Crippen LogP contribution in [-0.4, -0.2) is 37.0 Å². The molecular weight excluding hydrogens is 529 g/mol. The number of aryl methyl sites for hydroxylation is 2. The van der Waals surface area contributed by atoms with Gasteiger partial charge in [0.2, 0.25) is 5.91 Å². The molecule has 6 nitrogen and oxygen atoms in total. The summed E-state index contributed by atoms with van der Waals surface area (Å²) in [4.78, 5) is 21.8. The molecule has 0 aliphatic rings. The molecule has 0 fully saturated rings. The number of nitrogens with zero attached hydrogens (tertiary/aromatic N) is 2. The largest absolute Gasteiger partial charge is 0.356 e. The number of guanidine groups is 1. The fourth-order valence-corrected chi connectivity index (χ4v) is 3.26. The standard InChI is InChI=1S/C17H22BrN5OS.HI/c1-11-4-5-13(18)8-14(11)23-15(24)10-22-17(19-3)20-7-6-16-21-9-12(2)25-16;/h4-5,8-9H,6-7,10H2,1-3H3,(H,23,24)(H2,19,20,22);1H. The number of carbonyl (C=O) groups excluding carboxylic acids is 1. The summed E-state index contributed by atoms with van der Waals surface area (Å²) >= 11 is 5.10. The molecular formula is C17H23BrIN5OS. The van der Waals surface area contributed by atoms with Crippen molar-refractivity contribution in [2.45, 2.75) is 20.3 Å². The van der Waals surface area contributed by atoms with Gasteiger partial charge in [-0.2, -0.15) is 0 Å². The Morgan fingerprint density at radius 3 is 2.73 bits per heavy atom. The molecule has 3 N–H and O–H groups in total. The zero-order chi connectivity index (χ0) is 18.2. The van der Waals surface area contributed by atoms with Crippen LogP contribution in [0.2, 0.25) is 0 Å². The van der Waals surface area contributed by atoms with E-state index in [1.165, 1.54) is 4.88 Å². The van der Waals surface area contributed by atoms with E-state index in [-0.39, 0.29) is 36.4 Å². The van der Waals surface area contributed by atoms with E-state index in [0.717, 1.165) is 27.2 Å². The minimum absolute atomic E-state index is 0. The lowest BCUT2D eigenvalue weighted by molar-refractivity contribution is -0.115. The first-order valence-corrected chi connectivity index (χ1v) is 9.50. The summed E-state index contributed by atoms with van der Waals surface area (Å²) in [5, 5.41) is 10.2. The zero-order valence-electron chi connectivity index (χ0n) is 14.9. The maximum Gasteiger partial charge on any atom is 0.243 e. The first kappa shape index (κ1) is 22.8. The summed E-state index contributed by atoms with van der Waals surface area (Å²) in [6.45, 7) is 4.85. The molecule has 2 rings (SSSR count). The van der Waals surface area contributed by atoms with Crippen LogP contribution in [0.5, 0.6) is 0 Å². The Balaban J connectivity index is 0.00000338. The van der Waals surface area contributed by atoms with Crippen LogP contribution >= 0.6 is 51.2 Å². The van der Waals surface area contributed by atoms with Crippen molar-refractivity contribution < 1.29 is 4.79 Å². The number of rotatable bonds is 6. The fourth-order valence-electron chi connectivity index (χ4n) is 2.11. The highest BCUT2D eigenvalue weighted by Gasteiger charge is 2.07. The molecule has 0 aliphatic carbocycles. The number of aromatic nitrogens is 1. The number of aliphatic imine (C=N–C) groups is 1. The number of halogens is 2. The van der Waals surface area contributed by atoms with Gasteiger partial charge in [-0.1, -0.05) is 22.0 Å². The first-order valence-electron chi connectivity index (χ1n) is 7.89. The molecule has 0 spiro atoms. The van der Waals surface area contributed by atoms with E-state index in [9.17, 15) is 4.79 Å². The van der Waals surface area contributed by atoms with Crippen molar-refractivity contribution in [1.82, 2.24) is 15.6 Å². The van der Waals surface area contributed by atoms with Crippen molar-refractivity contribution >= 4 is 68.8 Å². The third-order valence-electron chi connectivity index (χ3n) is 3.41. The van der Waals surface area contributed by atoms with Crippen LogP contribution < -0.4 is 16.0 Å². The fraction of sp³-hybridized carbons (Fsp3) is 0.353. The highest BCUT2D eigenvalue weighted by molar-refractivity contribution is 14.0. The second-order valence-electron chi connectivity index (χ2n) is 5.47. The predicted octanol–water partition coefficient (Wildman–Crippen LogP) is 3.49. The number of carbonyl (C=O) groups is 1. The van der Waals surface area contributed by atoms with Gasteiger partial charge in [-0.05, 0) is 31.5 Å². The van der Waals surface area contributed by atoms with E-state index in [4.69, 9.17) is 0 Å². The summed E-state index contributed by atoms with van der Waals surface area (Å²) in [5.41, 5.74) is 1.81. The Kier molecular flexibility index (Phi) is 10.1. The van der Waals surface area contributed by atoms with E-state index in [0.29, 0.717) is 12.5 Å².